The van der Waals surface area contributed by atoms with Gasteiger partial charge in [-0.2, -0.15) is 18.2 Å². The fourth-order valence-corrected chi connectivity index (χ4v) is 10.4. The van der Waals surface area contributed by atoms with Crippen LogP contribution < -0.4 is 9.30 Å². The number of fused-ring (bicyclic) bond motifs is 4. The number of imidazole rings is 1. The largest absolute Gasteiger partial charge is 0.510 e. The maximum absolute atomic E-state index is 8.70. The summed E-state index contributed by atoms with van der Waals surface area (Å²) >= 11 is 0. The van der Waals surface area contributed by atoms with Crippen molar-refractivity contribution in [1.29, 1.82) is 0 Å². The van der Waals surface area contributed by atoms with Gasteiger partial charge in [0.1, 0.15) is 5.82 Å². The monoisotopic (exact) mass is 1220 g/mol. The van der Waals surface area contributed by atoms with E-state index in [2.05, 4.69) is 199 Å². The van der Waals surface area contributed by atoms with Crippen molar-refractivity contribution in [3.05, 3.63) is 247 Å². The number of aromatic nitrogens is 4. The van der Waals surface area contributed by atoms with E-state index in [1.165, 1.54) is 29.0 Å². The van der Waals surface area contributed by atoms with Gasteiger partial charge in [-0.05, 0) is 114 Å². The van der Waals surface area contributed by atoms with Crippen LogP contribution in [0.1, 0.15) is 95.5 Å². The van der Waals surface area contributed by atoms with Crippen molar-refractivity contribution in [1.82, 2.24) is 14.1 Å². The number of benzene rings is 9. The molecular weight excluding hydrogens is 1140 g/mol. The number of hydrogen-bond donors (Lipinski definition) is 0. The average Bonchev–Trinajstić information content (AvgIpc) is 2.07. The molecule has 3 aromatic heterocycles. The quantitative estimate of drug-likeness (QED) is 0.107. The first-order valence-electron chi connectivity index (χ1n) is 30.4. The molecule has 6 heteroatoms. The summed E-state index contributed by atoms with van der Waals surface area (Å²) in [6.07, 6.45) is 5.16. The van der Waals surface area contributed by atoms with E-state index in [0.717, 1.165) is 60.9 Å². The number of hydrogen-bond acceptors (Lipinski definition) is 2. The second-order valence-electron chi connectivity index (χ2n) is 23.2. The summed E-state index contributed by atoms with van der Waals surface area (Å²) in [4.78, 5) is 4.76. The third-order valence-electron chi connectivity index (χ3n) is 14.7. The molecule has 0 fully saturated rings. The van der Waals surface area contributed by atoms with Gasteiger partial charge < -0.3 is 13.9 Å². The fraction of sp³-hybridized carbons (Fsp3) is 0.178. The Morgan fingerprint density at radius 1 is 0.519 bits per heavy atom. The molecule has 0 N–H and O–H groups in total. The molecule has 0 bridgehead atoms. The van der Waals surface area contributed by atoms with Gasteiger partial charge >= 0.3 is 0 Å². The molecule has 0 spiro atoms. The van der Waals surface area contributed by atoms with E-state index in [-0.39, 0.29) is 59.8 Å². The van der Waals surface area contributed by atoms with Crippen LogP contribution in [0.2, 0.25) is 0 Å². The van der Waals surface area contributed by atoms with Crippen LogP contribution in [-0.4, -0.2) is 14.1 Å². The molecule has 5 nitrogen and oxygen atoms in total. The summed E-state index contributed by atoms with van der Waals surface area (Å²) in [7, 11) is 0. The summed E-state index contributed by atoms with van der Waals surface area (Å²) in [5.41, 5.74) is 14.1. The zero-order chi connectivity index (χ0) is 60.9. The fourth-order valence-electron chi connectivity index (χ4n) is 10.4. The second-order valence-corrected chi connectivity index (χ2v) is 23.2. The molecule has 9 aromatic carbocycles. The van der Waals surface area contributed by atoms with Gasteiger partial charge in [0.15, 0.2) is 0 Å². The Kier molecular flexibility index (Phi) is 11.4. The molecule has 394 valence electrons. The van der Waals surface area contributed by atoms with Crippen molar-refractivity contribution in [2.45, 2.75) is 85.4 Å². The minimum absolute atomic E-state index is 0. The topological polar surface area (TPSA) is 35.9 Å². The third kappa shape index (κ3) is 10.2. The summed E-state index contributed by atoms with van der Waals surface area (Å²) in [5.74, 6) is 0.982. The van der Waals surface area contributed by atoms with Crippen LogP contribution in [0.15, 0.2) is 206 Å². The number of aryl methyl sites for hydroxylation is 1. The molecule has 0 aliphatic carbocycles. The number of rotatable bonds is 9. The molecular formula is C73H64N4OPt-2. The van der Waals surface area contributed by atoms with Crippen LogP contribution in [0.5, 0.6) is 11.5 Å². The van der Waals surface area contributed by atoms with E-state index in [0.29, 0.717) is 28.2 Å². The molecule has 0 unspecified atom stereocenters. The Balaban J connectivity index is 0.00000784. The van der Waals surface area contributed by atoms with Crippen molar-refractivity contribution in [3.8, 4) is 73.2 Å². The first-order valence-corrected chi connectivity index (χ1v) is 26.4. The minimum atomic E-state index is -2.77. The summed E-state index contributed by atoms with van der Waals surface area (Å²) < 4.78 is 81.0. The van der Waals surface area contributed by atoms with Crippen molar-refractivity contribution < 1.29 is 41.3 Å². The van der Waals surface area contributed by atoms with E-state index in [1.807, 2.05) is 54.6 Å². The van der Waals surface area contributed by atoms with Gasteiger partial charge in [0, 0.05) is 54.0 Å². The number of ether oxygens (including phenoxy) is 1. The SMILES string of the molecule is [2H]c1c([2H])c([2H])c(-c2cnc(-n3c4[c-]c(Oc5[c-]c(-n6[c-][n+](-c7c(-c8cccc(C(C)(C)C)c8)cccc7-c7cccc(C(C)(C)C)c7)c7ccc(-c8ccc(C(C)(C)C)cc8)cc76)ccc5)ccc4c4ccccc43)cc2C([2H])([2H])[2H])c([2H])c1[2H].[Pt]. The van der Waals surface area contributed by atoms with Crippen molar-refractivity contribution in [2.75, 3.05) is 0 Å². The molecule has 0 amide bonds. The van der Waals surface area contributed by atoms with E-state index < -0.39 is 37.1 Å². The van der Waals surface area contributed by atoms with E-state index in [4.69, 9.17) is 20.7 Å². The van der Waals surface area contributed by atoms with E-state index in [1.54, 1.807) is 4.57 Å². The van der Waals surface area contributed by atoms with Gasteiger partial charge in [-0.25, -0.2) is 4.98 Å². The molecule has 0 saturated carbocycles. The Labute approximate surface area is 491 Å². The zero-order valence-electron chi connectivity index (χ0n) is 53.8. The van der Waals surface area contributed by atoms with Crippen LogP contribution in [0.4, 0.5) is 0 Å². The maximum Gasteiger partial charge on any atom is 0.268 e. The van der Waals surface area contributed by atoms with Gasteiger partial charge in [-0.3, -0.25) is 4.57 Å². The molecule has 0 saturated heterocycles. The zero-order valence-corrected chi connectivity index (χ0v) is 48.0. The molecule has 3 heterocycles. The molecule has 79 heavy (non-hydrogen) atoms. The first-order chi connectivity index (χ1) is 40.7. The third-order valence-corrected chi connectivity index (χ3v) is 14.7. The van der Waals surface area contributed by atoms with Crippen LogP contribution >= 0.6 is 0 Å². The predicted molar refractivity (Wildman–Crippen MR) is 323 cm³/mol. The molecule has 12 rings (SSSR count). The summed E-state index contributed by atoms with van der Waals surface area (Å²) in [5, 5.41) is 1.65. The van der Waals surface area contributed by atoms with Crippen molar-refractivity contribution in [3.63, 3.8) is 0 Å². The first kappa shape index (κ1) is 43.8. The smallest absolute Gasteiger partial charge is 0.268 e. The molecule has 0 aliphatic rings. The van der Waals surface area contributed by atoms with Crippen molar-refractivity contribution in [2.24, 2.45) is 0 Å². The Bertz CT molecular complexity index is 4570. The Morgan fingerprint density at radius 2 is 1.15 bits per heavy atom. The Hall–Kier alpha value is -8.11. The molecule has 0 aliphatic heterocycles. The van der Waals surface area contributed by atoms with Crippen LogP contribution in [0.25, 0.3) is 94.5 Å². The van der Waals surface area contributed by atoms with Crippen LogP contribution in [-0.2, 0) is 37.3 Å². The van der Waals surface area contributed by atoms with Crippen molar-refractivity contribution >= 4 is 32.8 Å². The molecule has 0 atom stereocenters. The van der Waals surface area contributed by atoms with Gasteiger partial charge in [0.25, 0.3) is 6.33 Å². The van der Waals surface area contributed by atoms with E-state index >= 15 is 0 Å². The standard InChI is InChI=1S/C73H64N4O.Pt/c1-48-40-69(74-46-64(48)50-20-12-11-13-21-50)77-65-31-15-14-28-62(65)63-38-37-59(45-67(63)77)78-58-27-18-26-57(44-58)75-47-76(66-39-34-51(43-68(66)75)49-32-35-54(36-33-49)71(2,3)4)70-60(52-22-16-24-55(41-52)72(5,6)7)29-19-30-61(70)53-23-17-25-56(42-53)73(8,9)10;/h11-43,46H,1-10H3;/q-2;/i1D3,11D,12D,13D,20D,21D;. The molecule has 0 radical (unpaired) electrons. The van der Waals surface area contributed by atoms with Gasteiger partial charge in [-0.15, -0.1) is 29.7 Å². The van der Waals surface area contributed by atoms with Crippen LogP contribution in [0, 0.1) is 25.3 Å². The minimum Gasteiger partial charge on any atom is -0.510 e. The Morgan fingerprint density at radius 3 is 1.82 bits per heavy atom. The summed E-state index contributed by atoms with van der Waals surface area (Å²) in [6.45, 7) is 17.4. The average molecular weight is 1220 g/mol. The summed E-state index contributed by atoms with van der Waals surface area (Å²) in [6, 6.07) is 62.6. The van der Waals surface area contributed by atoms with E-state index in [9.17, 15) is 0 Å². The number of nitrogens with zero attached hydrogens (tertiary/aromatic N) is 4. The van der Waals surface area contributed by atoms with Gasteiger partial charge in [-0.1, -0.05) is 219 Å². The number of para-hydroxylation sites is 2. The van der Waals surface area contributed by atoms with Crippen LogP contribution in [0.3, 0.4) is 0 Å². The van der Waals surface area contributed by atoms with Gasteiger partial charge in [0.05, 0.1) is 23.6 Å². The number of pyridine rings is 1. The predicted octanol–water partition coefficient (Wildman–Crippen LogP) is 18.5. The molecule has 12 aromatic rings. The maximum atomic E-state index is 8.70. The second kappa shape index (κ2) is 20.6. The normalized spacial score (nSPS) is 13.7. The van der Waals surface area contributed by atoms with Gasteiger partial charge in [0.2, 0.25) is 0 Å².